The van der Waals surface area contributed by atoms with Crippen molar-refractivity contribution >= 4 is 34.0 Å². The van der Waals surface area contributed by atoms with Crippen LogP contribution in [0.15, 0.2) is 71.4 Å². The molecule has 1 unspecified atom stereocenters. The van der Waals surface area contributed by atoms with E-state index in [2.05, 4.69) is 30.6 Å². The summed E-state index contributed by atoms with van der Waals surface area (Å²) in [6, 6.07) is 13.3. The number of benzene rings is 1. The first-order valence-corrected chi connectivity index (χ1v) is 12.9. The van der Waals surface area contributed by atoms with E-state index < -0.39 is 5.56 Å². The van der Waals surface area contributed by atoms with Gasteiger partial charge in [-0.3, -0.25) is 14.3 Å². The molecule has 2 N–H and O–H groups in total. The summed E-state index contributed by atoms with van der Waals surface area (Å²) in [6.07, 6.45) is 6.78. The molecular weight excluding hydrogens is 500 g/mol. The monoisotopic (exact) mass is 522 g/mol. The molecule has 188 valence electrons. The van der Waals surface area contributed by atoms with Crippen molar-refractivity contribution in [3.8, 4) is 16.6 Å². The van der Waals surface area contributed by atoms with Crippen molar-refractivity contribution in [3.63, 3.8) is 0 Å². The van der Waals surface area contributed by atoms with Gasteiger partial charge in [-0.05, 0) is 35.4 Å². The molecule has 1 fully saturated rings. The second kappa shape index (κ2) is 10.5. The number of morpholine rings is 1. The molecule has 0 spiro atoms. The highest BCUT2D eigenvalue weighted by Gasteiger charge is 2.17. The number of aromatic nitrogens is 5. The fraction of sp³-hybridized carbons (Fsp3) is 0.185. The van der Waals surface area contributed by atoms with Crippen LogP contribution in [-0.2, 0) is 11.3 Å². The lowest BCUT2D eigenvalue weighted by atomic mass is 10.1. The van der Waals surface area contributed by atoms with E-state index in [0.29, 0.717) is 23.6 Å². The summed E-state index contributed by atoms with van der Waals surface area (Å²) in [7, 11) is 0. The highest BCUT2D eigenvalue weighted by atomic mass is 32.1. The fourth-order valence-electron chi connectivity index (χ4n) is 4.42. The molecular formula is C27H22N8O2S. The van der Waals surface area contributed by atoms with E-state index in [-0.39, 0.29) is 18.2 Å². The van der Waals surface area contributed by atoms with Crippen molar-refractivity contribution in [1.82, 2.24) is 29.8 Å². The fourth-order valence-corrected chi connectivity index (χ4v) is 5.10. The molecule has 0 radical (unpaired) electrons. The summed E-state index contributed by atoms with van der Waals surface area (Å²) in [5.74, 6) is 0.341. The lowest BCUT2D eigenvalue weighted by Gasteiger charge is -2.24. The van der Waals surface area contributed by atoms with Crippen LogP contribution in [0.25, 0.3) is 21.6 Å². The first-order chi connectivity index (χ1) is 18.7. The highest BCUT2D eigenvalue weighted by molar-refractivity contribution is 7.13. The maximum atomic E-state index is 13.3. The van der Waals surface area contributed by atoms with Gasteiger partial charge in [0, 0.05) is 59.9 Å². The van der Waals surface area contributed by atoms with Gasteiger partial charge < -0.3 is 15.4 Å². The summed E-state index contributed by atoms with van der Waals surface area (Å²) in [4.78, 5) is 31.0. The lowest BCUT2D eigenvalue weighted by molar-refractivity contribution is 0.0277. The Kier molecular flexibility index (Phi) is 6.58. The van der Waals surface area contributed by atoms with E-state index in [0.717, 1.165) is 40.5 Å². The van der Waals surface area contributed by atoms with Gasteiger partial charge in [0.15, 0.2) is 0 Å². The van der Waals surface area contributed by atoms with E-state index in [4.69, 9.17) is 4.74 Å². The molecule has 0 amide bonds. The van der Waals surface area contributed by atoms with Crippen LogP contribution in [0.5, 0.6) is 0 Å². The molecule has 1 aromatic carbocycles. The van der Waals surface area contributed by atoms with Gasteiger partial charge in [-0.25, -0.2) is 9.97 Å². The molecule has 1 aliphatic heterocycles. The summed E-state index contributed by atoms with van der Waals surface area (Å²) >= 11 is 1.49. The Balaban J connectivity index is 1.35. The van der Waals surface area contributed by atoms with Crippen molar-refractivity contribution in [2.24, 2.45) is 0 Å². The summed E-state index contributed by atoms with van der Waals surface area (Å²) in [5.41, 5.74) is 3.60. The Hall–Kier alpha value is -4.50. The molecule has 1 aliphatic rings. The number of fused-ring (bicyclic) bond motifs is 1. The minimum atomic E-state index is -0.419. The van der Waals surface area contributed by atoms with E-state index in [1.165, 1.54) is 22.0 Å². The Bertz CT molecular complexity index is 1690. The van der Waals surface area contributed by atoms with E-state index >= 15 is 0 Å². The minimum absolute atomic E-state index is 0.0286. The quantitative estimate of drug-likeness (QED) is 0.343. The predicted octanol–water partition coefficient (Wildman–Crippen LogP) is 3.63. The third-order valence-electron chi connectivity index (χ3n) is 6.32. The summed E-state index contributed by atoms with van der Waals surface area (Å²) in [5, 5.41) is 19.4. The zero-order valence-corrected chi connectivity index (χ0v) is 21.0. The first kappa shape index (κ1) is 23.9. The van der Waals surface area contributed by atoms with Gasteiger partial charge in [-0.15, -0.1) is 11.3 Å². The van der Waals surface area contributed by atoms with Crippen LogP contribution in [0.1, 0.15) is 22.8 Å². The van der Waals surface area contributed by atoms with Crippen molar-refractivity contribution in [1.29, 1.82) is 5.26 Å². The number of nitriles is 1. The number of ether oxygens (including phenoxy) is 1. The second-order valence-corrected chi connectivity index (χ2v) is 9.61. The predicted molar refractivity (Wildman–Crippen MR) is 144 cm³/mol. The number of pyridine rings is 2. The molecule has 11 heteroatoms. The molecule has 1 atom stereocenters. The molecule has 5 heterocycles. The van der Waals surface area contributed by atoms with Gasteiger partial charge in [0.05, 0.1) is 19.3 Å². The van der Waals surface area contributed by atoms with Gasteiger partial charge in [0.1, 0.15) is 22.3 Å². The molecule has 1 saturated heterocycles. The van der Waals surface area contributed by atoms with E-state index in [1.807, 2.05) is 41.8 Å². The topological polar surface area (TPSA) is 131 Å². The maximum Gasteiger partial charge on any atom is 0.270 e. The average Bonchev–Trinajstić information content (AvgIpc) is 3.51. The Morgan fingerprint density at radius 3 is 2.84 bits per heavy atom. The smallest absolute Gasteiger partial charge is 0.270 e. The van der Waals surface area contributed by atoms with Crippen molar-refractivity contribution in [2.75, 3.05) is 25.0 Å². The molecule has 10 nitrogen and oxygen atoms in total. The van der Waals surface area contributed by atoms with Crippen LogP contribution >= 0.6 is 11.3 Å². The third-order valence-corrected chi connectivity index (χ3v) is 7.12. The maximum absolute atomic E-state index is 13.3. The standard InChI is InChI=1S/C27H22N8O2S/c28-12-19-11-20-13-32-27(33-21-3-1-17(2-4-21)23-15-30-7-9-37-23)34-24(20)35(26(19)36)16-18-5-6-29-14-22(18)25-31-8-10-38-25/h1-6,8,10-11,13-14,23,30H,7,9,15-16H2,(H,32,33,34). The van der Waals surface area contributed by atoms with Crippen molar-refractivity contribution in [2.45, 2.75) is 12.6 Å². The zero-order chi connectivity index (χ0) is 25.9. The third kappa shape index (κ3) is 4.76. The number of nitrogens with one attached hydrogen (secondary N) is 2. The lowest BCUT2D eigenvalue weighted by Crippen LogP contribution is -2.33. The zero-order valence-electron chi connectivity index (χ0n) is 20.2. The van der Waals surface area contributed by atoms with E-state index in [1.54, 1.807) is 24.8 Å². The number of hydrogen-bond donors (Lipinski definition) is 2. The minimum Gasteiger partial charge on any atom is -0.371 e. The second-order valence-electron chi connectivity index (χ2n) is 8.71. The van der Waals surface area contributed by atoms with Gasteiger partial charge >= 0.3 is 0 Å². The number of rotatable bonds is 6. The van der Waals surface area contributed by atoms with Crippen molar-refractivity contribution < 1.29 is 4.74 Å². The van der Waals surface area contributed by atoms with Gasteiger partial charge in [0.2, 0.25) is 5.95 Å². The molecule has 0 aliphatic carbocycles. The summed E-state index contributed by atoms with van der Waals surface area (Å²) < 4.78 is 7.33. The Morgan fingerprint density at radius 2 is 2.08 bits per heavy atom. The summed E-state index contributed by atoms with van der Waals surface area (Å²) in [6.45, 7) is 2.53. The highest BCUT2D eigenvalue weighted by Crippen LogP contribution is 2.26. The average molecular weight is 523 g/mol. The molecule has 6 rings (SSSR count). The van der Waals surface area contributed by atoms with Crippen LogP contribution in [0, 0.1) is 11.3 Å². The molecule has 0 bridgehead atoms. The molecule has 0 saturated carbocycles. The van der Waals surface area contributed by atoms with Crippen LogP contribution < -0.4 is 16.2 Å². The largest absolute Gasteiger partial charge is 0.371 e. The molecule has 5 aromatic rings. The number of nitrogens with zero attached hydrogens (tertiary/aromatic N) is 6. The van der Waals surface area contributed by atoms with Crippen LogP contribution in [0.4, 0.5) is 11.6 Å². The van der Waals surface area contributed by atoms with Crippen LogP contribution in [0.3, 0.4) is 0 Å². The van der Waals surface area contributed by atoms with Gasteiger partial charge in [-0.1, -0.05) is 12.1 Å². The molecule has 4 aromatic heterocycles. The van der Waals surface area contributed by atoms with Crippen molar-refractivity contribution in [3.05, 3.63) is 93.6 Å². The molecule has 38 heavy (non-hydrogen) atoms. The van der Waals surface area contributed by atoms with E-state index in [9.17, 15) is 10.1 Å². The number of thiazole rings is 1. The number of anilines is 2. The SMILES string of the molecule is N#Cc1cc2cnc(Nc3ccc(C4CNCCO4)cc3)nc2n(Cc2ccncc2-c2nccs2)c1=O. The van der Waals surface area contributed by atoms with Crippen LogP contribution in [0.2, 0.25) is 0 Å². The Morgan fingerprint density at radius 1 is 1.18 bits per heavy atom. The van der Waals surface area contributed by atoms with Crippen LogP contribution in [-0.4, -0.2) is 44.2 Å². The number of hydrogen-bond acceptors (Lipinski definition) is 10. The normalized spacial score (nSPS) is 15.3. The van der Waals surface area contributed by atoms with Gasteiger partial charge in [0.25, 0.3) is 5.56 Å². The first-order valence-electron chi connectivity index (χ1n) is 12.0. The Labute approximate surface area is 221 Å². The van der Waals surface area contributed by atoms with Gasteiger partial charge in [-0.2, -0.15) is 10.2 Å².